The van der Waals surface area contributed by atoms with E-state index >= 15 is 0 Å². The summed E-state index contributed by atoms with van der Waals surface area (Å²) in [5.41, 5.74) is 0.0317. The summed E-state index contributed by atoms with van der Waals surface area (Å²) in [7, 11) is 1.57. The number of aromatic nitrogens is 1. The van der Waals surface area contributed by atoms with Crippen molar-refractivity contribution in [2.45, 2.75) is 50.4 Å². The third kappa shape index (κ3) is 5.85. The van der Waals surface area contributed by atoms with Gasteiger partial charge in [-0.25, -0.2) is 4.98 Å². The second-order valence-corrected chi connectivity index (χ2v) is 7.03. The van der Waals surface area contributed by atoms with Crippen LogP contribution < -0.4 is 14.8 Å². The van der Waals surface area contributed by atoms with Crippen LogP contribution in [0, 0.1) is 0 Å². The van der Waals surface area contributed by atoms with E-state index in [1.165, 1.54) is 6.07 Å². The molecule has 1 aromatic carbocycles. The number of hydrogen-bond donors (Lipinski definition) is 1. The lowest BCUT2D eigenvalue weighted by Crippen LogP contribution is -2.40. The molecular weight excluding hydrogens is 385 g/mol. The average molecular weight is 408 g/mol. The lowest BCUT2D eigenvalue weighted by molar-refractivity contribution is -0.137. The molecule has 1 saturated carbocycles. The fourth-order valence-electron chi connectivity index (χ4n) is 3.41. The smallest absolute Gasteiger partial charge is 0.417 e. The van der Waals surface area contributed by atoms with Crippen LogP contribution in [-0.4, -0.2) is 30.1 Å². The van der Waals surface area contributed by atoms with Gasteiger partial charge in [-0.3, -0.25) is 4.79 Å². The van der Waals surface area contributed by atoms with Crippen molar-refractivity contribution in [3.8, 4) is 11.6 Å². The molecular formula is C21H23F3N2O3. The topological polar surface area (TPSA) is 60.5 Å². The van der Waals surface area contributed by atoms with Gasteiger partial charge in [0, 0.05) is 23.9 Å². The molecule has 0 unspecified atom stereocenters. The van der Waals surface area contributed by atoms with Gasteiger partial charge in [0.05, 0.1) is 19.1 Å². The minimum absolute atomic E-state index is 0.0534. The summed E-state index contributed by atoms with van der Waals surface area (Å²) in [5.74, 6) is 0.800. The minimum Gasteiger partial charge on any atom is -0.496 e. The zero-order valence-electron chi connectivity index (χ0n) is 16.0. The third-order valence-corrected chi connectivity index (χ3v) is 4.93. The molecule has 0 atom stereocenters. The Balaban J connectivity index is 1.45. The molecule has 1 aliphatic rings. The highest BCUT2D eigenvalue weighted by molar-refractivity contribution is 5.79. The van der Waals surface area contributed by atoms with Crippen molar-refractivity contribution in [3.05, 3.63) is 53.7 Å². The number of amides is 1. The first-order chi connectivity index (χ1) is 13.8. The fourth-order valence-corrected chi connectivity index (χ4v) is 3.41. The highest BCUT2D eigenvalue weighted by Gasteiger charge is 2.31. The zero-order chi connectivity index (χ0) is 20.9. The van der Waals surface area contributed by atoms with E-state index in [2.05, 4.69) is 10.3 Å². The maximum absolute atomic E-state index is 12.6. The lowest BCUT2D eigenvalue weighted by atomic mass is 9.92. The maximum atomic E-state index is 12.6. The number of hydrogen-bond acceptors (Lipinski definition) is 4. The van der Waals surface area contributed by atoms with Crippen molar-refractivity contribution in [1.29, 1.82) is 0 Å². The highest BCUT2D eigenvalue weighted by atomic mass is 19.4. The first-order valence-electron chi connectivity index (χ1n) is 9.46. The average Bonchev–Trinajstić information content (AvgIpc) is 2.69. The fraction of sp³-hybridized carbons (Fsp3) is 0.429. The Morgan fingerprint density at radius 2 is 1.86 bits per heavy atom. The molecule has 1 N–H and O–H groups in total. The molecule has 0 radical (unpaired) electrons. The summed E-state index contributed by atoms with van der Waals surface area (Å²) in [6.07, 6.45) is -0.640. The van der Waals surface area contributed by atoms with Gasteiger partial charge in [0.15, 0.2) is 0 Å². The Hall–Kier alpha value is -2.77. The Morgan fingerprint density at radius 3 is 2.48 bits per heavy atom. The summed E-state index contributed by atoms with van der Waals surface area (Å²) >= 11 is 0. The Morgan fingerprint density at radius 1 is 1.14 bits per heavy atom. The van der Waals surface area contributed by atoms with Crippen molar-refractivity contribution >= 4 is 5.91 Å². The van der Waals surface area contributed by atoms with E-state index < -0.39 is 11.7 Å². The molecule has 0 aliphatic heterocycles. The van der Waals surface area contributed by atoms with Gasteiger partial charge in [0.25, 0.3) is 0 Å². The van der Waals surface area contributed by atoms with E-state index in [1.807, 2.05) is 24.3 Å². The number of carbonyl (C=O) groups excluding carboxylic acids is 1. The van der Waals surface area contributed by atoms with Crippen LogP contribution in [0.1, 0.15) is 36.8 Å². The van der Waals surface area contributed by atoms with Gasteiger partial charge in [0.2, 0.25) is 11.8 Å². The van der Waals surface area contributed by atoms with E-state index in [9.17, 15) is 18.0 Å². The molecule has 5 nitrogen and oxygen atoms in total. The van der Waals surface area contributed by atoms with Crippen molar-refractivity contribution in [2.24, 2.45) is 0 Å². The molecule has 1 heterocycles. The third-order valence-electron chi connectivity index (χ3n) is 4.93. The van der Waals surface area contributed by atoms with Crippen LogP contribution in [0.4, 0.5) is 13.2 Å². The molecule has 2 aromatic rings. The number of nitrogens with zero attached hydrogens (tertiary/aromatic N) is 1. The number of pyridine rings is 1. The van der Waals surface area contributed by atoms with E-state index in [4.69, 9.17) is 9.47 Å². The minimum atomic E-state index is -4.41. The van der Waals surface area contributed by atoms with Crippen molar-refractivity contribution in [1.82, 2.24) is 10.3 Å². The van der Waals surface area contributed by atoms with Crippen LogP contribution in [0.5, 0.6) is 11.6 Å². The van der Waals surface area contributed by atoms with E-state index in [0.29, 0.717) is 18.6 Å². The van der Waals surface area contributed by atoms with Gasteiger partial charge in [-0.2, -0.15) is 13.2 Å². The summed E-state index contributed by atoms with van der Waals surface area (Å²) in [5, 5.41) is 3.04. The zero-order valence-corrected chi connectivity index (χ0v) is 16.0. The molecule has 0 saturated heterocycles. The van der Waals surface area contributed by atoms with Gasteiger partial charge in [-0.05, 0) is 37.8 Å². The number of ether oxygens (including phenoxy) is 2. The van der Waals surface area contributed by atoms with Gasteiger partial charge >= 0.3 is 6.18 Å². The molecule has 1 fully saturated rings. The standard InChI is InChI=1S/C21H23F3N2O3/c1-28-18-5-3-2-4-14(18)12-19(27)26-16-7-9-17(10-8-16)29-20-11-6-15(13-25-20)21(22,23)24/h2-6,11,13,16-17H,7-10,12H2,1H3,(H,26,27). The molecule has 29 heavy (non-hydrogen) atoms. The molecule has 1 aromatic heterocycles. The quantitative estimate of drug-likeness (QED) is 0.780. The second kappa shape index (κ2) is 9.15. The first kappa shape index (κ1) is 21.0. The Labute approximate surface area is 167 Å². The monoisotopic (exact) mass is 408 g/mol. The molecule has 156 valence electrons. The lowest BCUT2D eigenvalue weighted by Gasteiger charge is -2.29. The number of nitrogens with one attached hydrogen (secondary N) is 1. The summed E-state index contributed by atoms with van der Waals surface area (Å²) in [4.78, 5) is 16.1. The molecule has 0 spiro atoms. The van der Waals surface area contributed by atoms with Crippen LogP contribution >= 0.6 is 0 Å². The van der Waals surface area contributed by atoms with Crippen molar-refractivity contribution < 1.29 is 27.4 Å². The van der Waals surface area contributed by atoms with Crippen LogP contribution in [0.2, 0.25) is 0 Å². The maximum Gasteiger partial charge on any atom is 0.417 e. The molecule has 3 rings (SSSR count). The molecule has 8 heteroatoms. The summed E-state index contributed by atoms with van der Waals surface area (Å²) in [6.45, 7) is 0. The van der Waals surface area contributed by atoms with Crippen molar-refractivity contribution in [3.63, 3.8) is 0 Å². The number of alkyl halides is 3. The van der Waals surface area contributed by atoms with E-state index in [1.54, 1.807) is 7.11 Å². The number of para-hydroxylation sites is 1. The highest BCUT2D eigenvalue weighted by Crippen LogP contribution is 2.30. The predicted octanol–water partition coefficient (Wildman–Crippen LogP) is 4.16. The Bertz CT molecular complexity index is 817. The number of carbonyl (C=O) groups is 1. The first-order valence-corrected chi connectivity index (χ1v) is 9.46. The number of halogens is 3. The number of methoxy groups -OCH3 is 1. The Kier molecular flexibility index (Phi) is 6.61. The van der Waals surface area contributed by atoms with Crippen LogP contribution in [0.25, 0.3) is 0 Å². The molecule has 0 bridgehead atoms. The largest absolute Gasteiger partial charge is 0.496 e. The number of rotatable bonds is 6. The SMILES string of the molecule is COc1ccccc1CC(=O)NC1CCC(Oc2ccc(C(F)(F)F)cn2)CC1. The van der Waals surface area contributed by atoms with Gasteiger partial charge in [-0.1, -0.05) is 18.2 Å². The van der Waals surface area contributed by atoms with Crippen molar-refractivity contribution in [2.75, 3.05) is 7.11 Å². The molecule has 1 aliphatic carbocycles. The predicted molar refractivity (Wildman–Crippen MR) is 101 cm³/mol. The van der Waals surface area contributed by atoms with Crippen LogP contribution in [0.15, 0.2) is 42.6 Å². The summed E-state index contributed by atoms with van der Waals surface area (Å²) in [6, 6.07) is 9.66. The van der Waals surface area contributed by atoms with Gasteiger partial charge in [0.1, 0.15) is 11.9 Å². The van der Waals surface area contributed by atoms with Crippen LogP contribution in [0.3, 0.4) is 0 Å². The number of benzene rings is 1. The second-order valence-electron chi connectivity index (χ2n) is 7.03. The van der Waals surface area contributed by atoms with Gasteiger partial charge < -0.3 is 14.8 Å². The van der Waals surface area contributed by atoms with E-state index in [0.717, 1.165) is 30.7 Å². The molecule has 1 amide bonds. The van der Waals surface area contributed by atoms with Gasteiger partial charge in [-0.15, -0.1) is 0 Å². The summed E-state index contributed by atoms with van der Waals surface area (Å²) < 4.78 is 48.7. The van der Waals surface area contributed by atoms with E-state index in [-0.39, 0.29) is 30.4 Å². The normalized spacial score (nSPS) is 19.4. The van der Waals surface area contributed by atoms with Crippen LogP contribution in [-0.2, 0) is 17.4 Å².